The molecule has 1 aromatic carbocycles. The van der Waals surface area contributed by atoms with Crippen molar-refractivity contribution in [3.8, 4) is 5.75 Å². The van der Waals surface area contributed by atoms with Crippen LogP contribution >= 0.6 is 11.6 Å². The molecule has 0 atom stereocenters. The SMILES string of the molecule is CN(CCN(CCOc1ccc2c(Cl)ccnc2c1)C(=O)OC(C)(C)C)C(=O)O. The van der Waals surface area contributed by atoms with Crippen molar-refractivity contribution in [2.45, 2.75) is 26.4 Å². The van der Waals surface area contributed by atoms with Crippen LogP contribution in [0.3, 0.4) is 0 Å². The van der Waals surface area contributed by atoms with Crippen LogP contribution in [0.25, 0.3) is 10.9 Å². The van der Waals surface area contributed by atoms with Gasteiger partial charge in [-0.25, -0.2) is 9.59 Å². The second kappa shape index (κ2) is 9.65. The first-order valence-electron chi connectivity index (χ1n) is 9.16. The van der Waals surface area contributed by atoms with Crippen LogP contribution in [-0.4, -0.2) is 71.0 Å². The summed E-state index contributed by atoms with van der Waals surface area (Å²) in [6.07, 6.45) is 0.0389. The Balaban J connectivity index is 2.00. The highest BCUT2D eigenvalue weighted by Gasteiger charge is 2.22. The number of pyridine rings is 1. The van der Waals surface area contributed by atoms with Gasteiger partial charge in [-0.15, -0.1) is 0 Å². The number of aromatic nitrogens is 1. The summed E-state index contributed by atoms with van der Waals surface area (Å²) >= 11 is 6.14. The van der Waals surface area contributed by atoms with Crippen LogP contribution in [-0.2, 0) is 4.74 Å². The third kappa shape index (κ3) is 6.98. The smallest absolute Gasteiger partial charge is 0.410 e. The number of carboxylic acid groups (broad SMARTS) is 1. The summed E-state index contributed by atoms with van der Waals surface area (Å²) in [4.78, 5) is 30.3. The summed E-state index contributed by atoms with van der Waals surface area (Å²) in [5, 5.41) is 10.4. The van der Waals surface area contributed by atoms with E-state index in [4.69, 9.17) is 26.2 Å². The van der Waals surface area contributed by atoms with E-state index in [0.29, 0.717) is 16.3 Å². The Labute approximate surface area is 175 Å². The lowest BCUT2D eigenvalue weighted by Crippen LogP contribution is -2.43. The van der Waals surface area contributed by atoms with Crippen LogP contribution in [0.15, 0.2) is 30.5 Å². The Morgan fingerprint density at radius 2 is 1.90 bits per heavy atom. The van der Waals surface area contributed by atoms with Gasteiger partial charge < -0.3 is 24.4 Å². The summed E-state index contributed by atoms with van der Waals surface area (Å²) in [7, 11) is 1.44. The fourth-order valence-electron chi connectivity index (χ4n) is 2.44. The molecule has 2 rings (SSSR count). The minimum atomic E-state index is -1.06. The average Bonchev–Trinajstić information content (AvgIpc) is 2.62. The van der Waals surface area contributed by atoms with Crippen LogP contribution in [0.5, 0.6) is 5.75 Å². The standard InChI is InChI=1S/C20H26ClN3O5/c1-20(2,3)29-19(27)24(10-9-23(4)18(25)26)11-12-28-14-5-6-15-16(21)7-8-22-17(15)13-14/h5-8,13H,9-12H2,1-4H3,(H,25,26). The summed E-state index contributed by atoms with van der Waals surface area (Å²) in [5.74, 6) is 0.596. The second-order valence-electron chi connectivity index (χ2n) is 7.49. The van der Waals surface area contributed by atoms with Gasteiger partial charge in [0.2, 0.25) is 0 Å². The number of amides is 2. The molecule has 2 amide bonds. The van der Waals surface area contributed by atoms with E-state index in [1.54, 1.807) is 45.2 Å². The highest BCUT2D eigenvalue weighted by Crippen LogP contribution is 2.25. The van der Waals surface area contributed by atoms with E-state index in [0.717, 1.165) is 10.3 Å². The first-order chi connectivity index (χ1) is 13.6. The molecule has 29 heavy (non-hydrogen) atoms. The van der Waals surface area contributed by atoms with Gasteiger partial charge in [0.25, 0.3) is 0 Å². The predicted molar refractivity (Wildman–Crippen MR) is 111 cm³/mol. The topological polar surface area (TPSA) is 92.2 Å². The van der Waals surface area contributed by atoms with E-state index in [2.05, 4.69) is 4.98 Å². The molecule has 0 aliphatic rings. The zero-order valence-electron chi connectivity index (χ0n) is 17.0. The molecule has 0 saturated heterocycles. The maximum absolute atomic E-state index is 12.5. The van der Waals surface area contributed by atoms with Gasteiger partial charge in [0, 0.05) is 37.8 Å². The molecule has 0 radical (unpaired) electrons. The van der Waals surface area contributed by atoms with Crippen molar-refractivity contribution in [2.75, 3.05) is 33.3 Å². The Morgan fingerprint density at radius 1 is 1.17 bits per heavy atom. The zero-order chi connectivity index (χ0) is 21.6. The van der Waals surface area contributed by atoms with Crippen molar-refractivity contribution in [3.05, 3.63) is 35.5 Å². The molecule has 1 aromatic heterocycles. The van der Waals surface area contributed by atoms with Gasteiger partial charge in [-0.2, -0.15) is 0 Å². The van der Waals surface area contributed by atoms with E-state index in [-0.39, 0.29) is 26.2 Å². The maximum Gasteiger partial charge on any atom is 0.410 e. The first-order valence-corrected chi connectivity index (χ1v) is 9.53. The van der Waals surface area contributed by atoms with Crippen molar-refractivity contribution >= 4 is 34.7 Å². The predicted octanol–water partition coefficient (Wildman–Crippen LogP) is 4.11. The summed E-state index contributed by atoms with van der Waals surface area (Å²) in [6.45, 7) is 6.12. The molecule has 9 heteroatoms. The van der Waals surface area contributed by atoms with Gasteiger partial charge >= 0.3 is 12.2 Å². The summed E-state index contributed by atoms with van der Waals surface area (Å²) in [5.41, 5.74) is 0.0557. The van der Waals surface area contributed by atoms with Crippen LogP contribution in [0.1, 0.15) is 20.8 Å². The third-order valence-corrected chi connectivity index (χ3v) is 4.30. The number of hydrogen-bond donors (Lipinski definition) is 1. The Bertz CT molecular complexity index is 869. The second-order valence-corrected chi connectivity index (χ2v) is 7.90. The molecular formula is C20H26ClN3O5. The molecule has 0 aliphatic carbocycles. The number of carbonyl (C=O) groups excluding carboxylic acids is 1. The molecule has 1 N–H and O–H groups in total. The Morgan fingerprint density at radius 3 is 2.55 bits per heavy atom. The van der Waals surface area contributed by atoms with Crippen LogP contribution < -0.4 is 4.74 Å². The van der Waals surface area contributed by atoms with Gasteiger partial charge in [-0.1, -0.05) is 11.6 Å². The van der Waals surface area contributed by atoms with Crippen molar-refractivity contribution in [1.29, 1.82) is 0 Å². The highest BCUT2D eigenvalue weighted by atomic mass is 35.5. The van der Waals surface area contributed by atoms with Crippen molar-refractivity contribution in [3.63, 3.8) is 0 Å². The number of benzene rings is 1. The van der Waals surface area contributed by atoms with Crippen molar-refractivity contribution in [2.24, 2.45) is 0 Å². The minimum absolute atomic E-state index is 0.160. The van der Waals surface area contributed by atoms with Gasteiger partial charge in [0.15, 0.2) is 0 Å². The van der Waals surface area contributed by atoms with Gasteiger partial charge in [-0.3, -0.25) is 4.98 Å². The van der Waals surface area contributed by atoms with Crippen LogP contribution in [0, 0.1) is 0 Å². The molecule has 0 bridgehead atoms. The fourth-order valence-corrected chi connectivity index (χ4v) is 2.66. The number of fused-ring (bicyclic) bond motifs is 1. The zero-order valence-corrected chi connectivity index (χ0v) is 17.8. The number of nitrogens with zero attached hydrogens (tertiary/aromatic N) is 3. The molecule has 8 nitrogen and oxygen atoms in total. The van der Waals surface area contributed by atoms with E-state index < -0.39 is 17.8 Å². The minimum Gasteiger partial charge on any atom is -0.492 e. The lowest BCUT2D eigenvalue weighted by molar-refractivity contribution is 0.0212. The highest BCUT2D eigenvalue weighted by molar-refractivity contribution is 6.35. The maximum atomic E-state index is 12.5. The number of ether oxygens (including phenoxy) is 2. The quantitative estimate of drug-likeness (QED) is 0.720. The van der Waals surface area contributed by atoms with Gasteiger partial charge in [0.05, 0.1) is 17.1 Å². The largest absolute Gasteiger partial charge is 0.492 e. The molecule has 2 aromatic rings. The molecular weight excluding hydrogens is 398 g/mol. The molecule has 158 valence electrons. The number of hydrogen-bond acceptors (Lipinski definition) is 5. The van der Waals surface area contributed by atoms with E-state index >= 15 is 0 Å². The Kier molecular flexibility index (Phi) is 7.50. The molecule has 0 spiro atoms. The van der Waals surface area contributed by atoms with Crippen molar-refractivity contribution in [1.82, 2.24) is 14.8 Å². The molecule has 1 heterocycles. The number of likely N-dealkylation sites (N-methyl/N-ethyl adjacent to an activating group) is 1. The molecule has 0 unspecified atom stereocenters. The third-order valence-electron chi connectivity index (χ3n) is 3.97. The lowest BCUT2D eigenvalue weighted by atomic mass is 10.2. The summed E-state index contributed by atoms with van der Waals surface area (Å²) in [6, 6.07) is 7.11. The van der Waals surface area contributed by atoms with Gasteiger partial charge in [-0.05, 0) is 39.0 Å². The number of carbonyl (C=O) groups is 2. The monoisotopic (exact) mass is 423 g/mol. The first kappa shape index (κ1) is 22.5. The lowest BCUT2D eigenvalue weighted by Gasteiger charge is -2.28. The number of rotatable bonds is 7. The molecule has 0 fully saturated rings. The van der Waals surface area contributed by atoms with Crippen LogP contribution in [0.4, 0.5) is 9.59 Å². The van der Waals surface area contributed by atoms with Gasteiger partial charge in [0.1, 0.15) is 18.0 Å². The van der Waals surface area contributed by atoms with E-state index in [9.17, 15) is 9.59 Å². The Hall–Kier alpha value is -2.74. The van der Waals surface area contributed by atoms with Crippen molar-refractivity contribution < 1.29 is 24.2 Å². The summed E-state index contributed by atoms with van der Waals surface area (Å²) < 4.78 is 11.2. The van der Waals surface area contributed by atoms with Crippen LogP contribution in [0.2, 0.25) is 5.02 Å². The van der Waals surface area contributed by atoms with E-state index in [1.165, 1.54) is 11.9 Å². The number of halogens is 1. The average molecular weight is 424 g/mol. The van der Waals surface area contributed by atoms with E-state index in [1.807, 2.05) is 6.07 Å². The molecule has 0 aliphatic heterocycles. The fraction of sp³-hybridized carbons (Fsp3) is 0.450. The normalized spacial score (nSPS) is 11.2. The molecule has 0 saturated carbocycles.